The number of fused-ring (bicyclic) bond motifs is 1. The largest absolute Gasteiger partial charge is 0.465 e. The number of piperidine rings is 1. The second-order valence-corrected chi connectivity index (χ2v) is 11.3. The number of likely N-dealkylation sites (tertiary alicyclic amines) is 1. The molecule has 5 rings (SSSR count). The molecule has 0 aliphatic carbocycles. The molecule has 0 radical (unpaired) electrons. The number of amides is 2. The van der Waals surface area contributed by atoms with Crippen molar-refractivity contribution in [2.75, 3.05) is 58.0 Å². The normalized spacial score (nSPS) is 16.4. The monoisotopic (exact) mass is 581 g/mol. The molecular formula is C34H39N5O4. The summed E-state index contributed by atoms with van der Waals surface area (Å²) in [4.78, 5) is 43.1. The average Bonchev–Trinajstić information content (AvgIpc) is 3.34. The quantitative estimate of drug-likeness (QED) is 0.253. The lowest BCUT2D eigenvalue weighted by Crippen LogP contribution is -2.44. The smallest absolute Gasteiger partial charge is 0.338 e. The van der Waals surface area contributed by atoms with Crippen LogP contribution in [0.1, 0.15) is 50.2 Å². The minimum atomic E-state index is -0.456. The molecule has 9 nitrogen and oxygen atoms in total. The van der Waals surface area contributed by atoms with Gasteiger partial charge in [-0.3, -0.25) is 9.59 Å². The standard InChI is InChI=1S/C34H39N5O4/c1-22-20-28-29(21-27(22)34(42)43-4)37-33(41)30(28)31(23-8-6-5-7-9-23)36-25-12-10-24(11-13-25)32(40)35-16-19-39-17-14-26(15-18-39)38(2)3/h5-13,20-21,26,36H,14-19H2,1-4H3,(H,35,40)(H,37,41). The Morgan fingerprint density at radius 1 is 1.00 bits per heavy atom. The summed E-state index contributed by atoms with van der Waals surface area (Å²) < 4.78 is 4.90. The highest BCUT2D eigenvalue weighted by molar-refractivity contribution is 6.37. The SMILES string of the molecule is COC(=O)c1cc2c(cc1C)C(=C(Nc1ccc(C(=O)NCCN3CCC(N(C)C)CC3)cc1)c1ccccc1)C(=O)N2. The zero-order valence-electron chi connectivity index (χ0n) is 25.2. The summed E-state index contributed by atoms with van der Waals surface area (Å²) in [6.07, 6.45) is 2.30. The Labute approximate surface area is 252 Å². The van der Waals surface area contributed by atoms with Crippen LogP contribution in [0, 0.1) is 6.92 Å². The third kappa shape index (κ3) is 6.79. The van der Waals surface area contributed by atoms with Crippen LogP contribution in [0.2, 0.25) is 0 Å². The van der Waals surface area contributed by atoms with Crippen molar-refractivity contribution in [3.8, 4) is 0 Å². The fourth-order valence-corrected chi connectivity index (χ4v) is 5.73. The Balaban J connectivity index is 1.31. The maximum atomic E-state index is 13.3. The first-order valence-corrected chi connectivity index (χ1v) is 14.6. The molecule has 0 spiro atoms. The molecular weight excluding hydrogens is 542 g/mol. The molecule has 224 valence electrons. The van der Waals surface area contributed by atoms with Crippen molar-refractivity contribution in [3.05, 3.63) is 94.5 Å². The van der Waals surface area contributed by atoms with Gasteiger partial charge in [-0.1, -0.05) is 30.3 Å². The topological polar surface area (TPSA) is 103 Å². The molecule has 2 aliphatic rings. The summed E-state index contributed by atoms with van der Waals surface area (Å²) in [7, 11) is 5.60. The second-order valence-electron chi connectivity index (χ2n) is 11.3. The van der Waals surface area contributed by atoms with Gasteiger partial charge in [0.25, 0.3) is 11.8 Å². The molecule has 1 saturated heterocycles. The highest BCUT2D eigenvalue weighted by Gasteiger charge is 2.30. The highest BCUT2D eigenvalue weighted by atomic mass is 16.5. The molecule has 2 aliphatic heterocycles. The minimum Gasteiger partial charge on any atom is -0.465 e. The molecule has 9 heteroatoms. The number of esters is 1. The molecule has 1 fully saturated rings. The first-order chi connectivity index (χ1) is 20.7. The van der Waals surface area contributed by atoms with Gasteiger partial charge >= 0.3 is 5.97 Å². The van der Waals surface area contributed by atoms with Crippen molar-refractivity contribution in [1.29, 1.82) is 0 Å². The maximum Gasteiger partial charge on any atom is 0.338 e. The Bertz CT molecular complexity index is 1520. The van der Waals surface area contributed by atoms with E-state index in [0.29, 0.717) is 51.8 Å². The number of nitrogens with zero attached hydrogens (tertiary/aromatic N) is 2. The first kappa shape index (κ1) is 30.0. The van der Waals surface area contributed by atoms with Gasteiger partial charge in [-0.05, 0) is 94.5 Å². The molecule has 2 heterocycles. The lowest BCUT2D eigenvalue weighted by Gasteiger charge is -2.35. The van der Waals surface area contributed by atoms with E-state index in [1.54, 1.807) is 18.2 Å². The van der Waals surface area contributed by atoms with Crippen molar-refractivity contribution in [1.82, 2.24) is 15.1 Å². The lowest BCUT2D eigenvalue weighted by atomic mass is 9.96. The summed E-state index contributed by atoms with van der Waals surface area (Å²) in [6, 6.07) is 21.0. The molecule has 3 N–H and O–H groups in total. The third-order valence-electron chi connectivity index (χ3n) is 8.24. The molecule has 0 saturated carbocycles. The first-order valence-electron chi connectivity index (χ1n) is 14.6. The fourth-order valence-electron chi connectivity index (χ4n) is 5.73. The third-order valence-corrected chi connectivity index (χ3v) is 8.24. The zero-order chi connectivity index (χ0) is 30.5. The van der Waals surface area contributed by atoms with E-state index in [9.17, 15) is 14.4 Å². The Hall–Kier alpha value is -4.47. The Kier molecular flexibility index (Phi) is 9.23. The van der Waals surface area contributed by atoms with E-state index in [0.717, 1.165) is 43.7 Å². The van der Waals surface area contributed by atoms with Crippen LogP contribution in [-0.2, 0) is 9.53 Å². The summed E-state index contributed by atoms with van der Waals surface area (Å²) in [5.74, 6) is -0.843. The van der Waals surface area contributed by atoms with E-state index >= 15 is 0 Å². The number of nitrogens with one attached hydrogen (secondary N) is 3. The van der Waals surface area contributed by atoms with Crippen molar-refractivity contribution in [2.24, 2.45) is 0 Å². The molecule has 3 aromatic carbocycles. The number of aryl methyl sites for hydroxylation is 1. The average molecular weight is 582 g/mol. The number of carbonyl (C=O) groups is 3. The summed E-state index contributed by atoms with van der Waals surface area (Å²) in [5.41, 5.74) is 5.58. The van der Waals surface area contributed by atoms with Gasteiger partial charge in [0.05, 0.1) is 29.6 Å². The van der Waals surface area contributed by atoms with Crippen molar-refractivity contribution in [3.63, 3.8) is 0 Å². The van der Waals surface area contributed by atoms with Crippen molar-refractivity contribution in [2.45, 2.75) is 25.8 Å². The number of rotatable bonds is 9. The number of hydrogen-bond donors (Lipinski definition) is 3. The van der Waals surface area contributed by atoms with Crippen LogP contribution in [0.15, 0.2) is 66.7 Å². The summed E-state index contributed by atoms with van der Waals surface area (Å²) >= 11 is 0. The number of ether oxygens (including phenoxy) is 1. The molecule has 2 amide bonds. The van der Waals surface area contributed by atoms with Gasteiger partial charge in [0.1, 0.15) is 0 Å². The second kappa shape index (κ2) is 13.2. The predicted molar refractivity (Wildman–Crippen MR) is 170 cm³/mol. The molecule has 0 atom stereocenters. The Morgan fingerprint density at radius 2 is 1.70 bits per heavy atom. The van der Waals surface area contributed by atoms with Crippen LogP contribution in [0.3, 0.4) is 0 Å². The number of hydrogen-bond acceptors (Lipinski definition) is 7. The maximum absolute atomic E-state index is 13.3. The van der Waals surface area contributed by atoms with Crippen LogP contribution in [0.4, 0.5) is 11.4 Å². The van der Waals surface area contributed by atoms with Gasteiger partial charge in [-0.2, -0.15) is 0 Å². The van der Waals surface area contributed by atoms with Crippen LogP contribution < -0.4 is 16.0 Å². The van der Waals surface area contributed by atoms with E-state index in [1.807, 2.05) is 55.5 Å². The van der Waals surface area contributed by atoms with Crippen LogP contribution in [-0.4, -0.2) is 81.0 Å². The van der Waals surface area contributed by atoms with E-state index in [1.165, 1.54) is 7.11 Å². The summed E-state index contributed by atoms with van der Waals surface area (Å²) in [6.45, 7) is 5.35. The van der Waals surface area contributed by atoms with Gasteiger partial charge < -0.3 is 30.5 Å². The van der Waals surface area contributed by atoms with Gasteiger partial charge in [0, 0.05) is 35.9 Å². The van der Waals surface area contributed by atoms with Crippen LogP contribution >= 0.6 is 0 Å². The number of carbonyl (C=O) groups excluding carboxylic acids is 3. The molecule has 0 unspecified atom stereocenters. The van der Waals surface area contributed by atoms with Gasteiger partial charge in [-0.25, -0.2) is 4.79 Å². The van der Waals surface area contributed by atoms with Crippen LogP contribution in [0.5, 0.6) is 0 Å². The highest BCUT2D eigenvalue weighted by Crippen LogP contribution is 2.39. The number of methoxy groups -OCH3 is 1. The molecule has 3 aromatic rings. The Morgan fingerprint density at radius 3 is 2.35 bits per heavy atom. The van der Waals surface area contributed by atoms with Crippen molar-refractivity contribution >= 4 is 40.4 Å². The summed E-state index contributed by atoms with van der Waals surface area (Å²) in [5, 5.41) is 9.37. The van der Waals surface area contributed by atoms with E-state index < -0.39 is 5.97 Å². The van der Waals surface area contributed by atoms with Gasteiger partial charge in [-0.15, -0.1) is 0 Å². The zero-order valence-corrected chi connectivity index (χ0v) is 25.2. The van der Waals surface area contributed by atoms with Crippen molar-refractivity contribution < 1.29 is 19.1 Å². The predicted octanol–water partition coefficient (Wildman–Crippen LogP) is 4.47. The van der Waals surface area contributed by atoms with Crippen LogP contribution in [0.25, 0.3) is 11.3 Å². The van der Waals surface area contributed by atoms with Gasteiger partial charge in [0.2, 0.25) is 0 Å². The molecule has 43 heavy (non-hydrogen) atoms. The number of anilines is 2. The lowest BCUT2D eigenvalue weighted by molar-refractivity contribution is -0.110. The fraction of sp³-hybridized carbons (Fsp3) is 0.324. The van der Waals surface area contributed by atoms with E-state index in [4.69, 9.17) is 4.74 Å². The van der Waals surface area contributed by atoms with Gasteiger partial charge in [0.15, 0.2) is 0 Å². The number of benzene rings is 3. The molecule has 0 aromatic heterocycles. The minimum absolute atomic E-state index is 0.114. The van der Waals surface area contributed by atoms with E-state index in [-0.39, 0.29) is 11.8 Å². The molecule has 0 bridgehead atoms. The van der Waals surface area contributed by atoms with E-state index in [2.05, 4.69) is 39.8 Å².